The van der Waals surface area contributed by atoms with Crippen LogP contribution in [0.2, 0.25) is 0 Å². The molecule has 200 valence electrons. The smallest absolute Gasteiger partial charge is 0.266 e. The van der Waals surface area contributed by atoms with Crippen LogP contribution in [-0.4, -0.2) is 44.9 Å². The highest BCUT2D eigenvalue weighted by Gasteiger charge is 2.41. The Morgan fingerprint density at radius 1 is 0.381 bits per heavy atom. The molecule has 3 aliphatic heterocycles. The number of carbonyl (C=O) groups is 4. The first kappa shape index (κ1) is 25.0. The molecule has 0 aliphatic carbocycles. The van der Waals surface area contributed by atoms with Crippen molar-refractivity contribution in [1.29, 1.82) is 0 Å². The van der Waals surface area contributed by atoms with E-state index in [9.17, 15) is 19.2 Å². The van der Waals surface area contributed by atoms with Gasteiger partial charge in [0, 0.05) is 11.1 Å². The lowest BCUT2D eigenvalue weighted by Gasteiger charge is -2.23. The van der Waals surface area contributed by atoms with Gasteiger partial charge >= 0.3 is 0 Å². The van der Waals surface area contributed by atoms with Crippen molar-refractivity contribution in [1.82, 2.24) is 9.80 Å². The Hall–Kier alpha value is -6.02. The molecule has 0 unspecified atom stereocenters. The van der Waals surface area contributed by atoms with Crippen molar-refractivity contribution in [2.75, 3.05) is 0 Å². The molecular formula is C34H20N4O4. The normalized spacial score (nSPS) is 21.2. The molecule has 0 saturated heterocycles. The Kier molecular flexibility index (Phi) is 5.87. The van der Waals surface area contributed by atoms with E-state index < -0.39 is 23.6 Å². The first-order valence-corrected chi connectivity index (χ1v) is 13.2. The minimum Gasteiger partial charge on any atom is -0.268 e. The highest BCUT2D eigenvalue weighted by Crippen LogP contribution is 2.32. The van der Waals surface area contributed by atoms with Crippen molar-refractivity contribution in [3.63, 3.8) is 0 Å². The van der Waals surface area contributed by atoms with E-state index in [1.807, 2.05) is 36.4 Å². The Bertz CT molecular complexity index is 1740. The molecule has 0 bridgehead atoms. The van der Waals surface area contributed by atoms with Gasteiger partial charge in [0.25, 0.3) is 23.6 Å². The van der Waals surface area contributed by atoms with E-state index in [2.05, 4.69) is 10.2 Å². The van der Waals surface area contributed by atoms with E-state index in [1.165, 1.54) is 0 Å². The maximum atomic E-state index is 13.6. The summed E-state index contributed by atoms with van der Waals surface area (Å²) in [6.45, 7) is 0. The van der Waals surface area contributed by atoms with E-state index in [0.717, 1.165) is 9.80 Å². The third-order valence-corrected chi connectivity index (χ3v) is 7.30. The van der Waals surface area contributed by atoms with Crippen molar-refractivity contribution in [3.8, 4) is 0 Å². The van der Waals surface area contributed by atoms with Crippen LogP contribution >= 0.6 is 0 Å². The summed E-state index contributed by atoms with van der Waals surface area (Å²) in [6.07, 6.45) is 3.09. The summed E-state index contributed by atoms with van der Waals surface area (Å²) in [4.78, 5) is 56.5. The third-order valence-electron chi connectivity index (χ3n) is 7.30. The lowest BCUT2D eigenvalue weighted by Crippen LogP contribution is -2.35. The topological polar surface area (TPSA) is 99.5 Å². The fraction of sp³-hybridized carbons (Fsp3) is 0. The van der Waals surface area contributed by atoms with E-state index in [1.54, 1.807) is 84.9 Å². The van der Waals surface area contributed by atoms with Gasteiger partial charge in [-0.3, -0.25) is 19.2 Å². The quantitative estimate of drug-likeness (QED) is 0.325. The Labute approximate surface area is 240 Å². The van der Waals surface area contributed by atoms with Gasteiger partial charge in [-0.15, -0.1) is 10.2 Å². The summed E-state index contributed by atoms with van der Waals surface area (Å²) in [5.41, 5.74) is 3.21. The van der Waals surface area contributed by atoms with Crippen LogP contribution in [0.15, 0.2) is 143 Å². The van der Waals surface area contributed by atoms with Crippen molar-refractivity contribution >= 4 is 35.1 Å². The van der Waals surface area contributed by atoms with Crippen LogP contribution < -0.4 is 0 Å². The molecule has 4 aromatic carbocycles. The first-order valence-electron chi connectivity index (χ1n) is 13.2. The number of imide groups is 2. The van der Waals surface area contributed by atoms with E-state index in [0.29, 0.717) is 11.1 Å². The molecule has 4 amide bonds. The molecule has 3 aliphatic rings. The van der Waals surface area contributed by atoms with Crippen LogP contribution in [0.25, 0.3) is 0 Å². The maximum absolute atomic E-state index is 13.6. The second kappa shape index (κ2) is 9.87. The number of benzene rings is 4. The number of nitrogens with zero attached hydrogens (tertiary/aromatic N) is 4. The van der Waals surface area contributed by atoms with Crippen molar-refractivity contribution < 1.29 is 19.2 Å². The van der Waals surface area contributed by atoms with Crippen LogP contribution in [-0.2, 0) is 0 Å². The number of carbonyl (C=O) groups excluding carboxylic acids is 4. The minimum absolute atomic E-state index is 0.164. The summed E-state index contributed by atoms with van der Waals surface area (Å²) in [5.74, 6) is -2.02. The lowest BCUT2D eigenvalue weighted by molar-refractivity contribution is 0.0694. The zero-order chi connectivity index (χ0) is 28.8. The number of amides is 4. The zero-order valence-electron chi connectivity index (χ0n) is 22.0. The fourth-order valence-electron chi connectivity index (χ4n) is 5.30. The van der Waals surface area contributed by atoms with Crippen LogP contribution in [0.1, 0.15) is 52.6 Å². The number of rotatable bonds is 4. The molecule has 0 N–H and O–H groups in total. The van der Waals surface area contributed by atoms with Gasteiger partial charge in [-0.2, -0.15) is 0 Å². The van der Waals surface area contributed by atoms with Gasteiger partial charge in [0.2, 0.25) is 0 Å². The molecular weight excluding hydrogens is 528 g/mol. The van der Waals surface area contributed by atoms with Crippen LogP contribution in [0.5, 0.6) is 0 Å². The second-order valence-electron chi connectivity index (χ2n) is 9.72. The van der Waals surface area contributed by atoms with Gasteiger partial charge in [0.05, 0.1) is 33.6 Å². The van der Waals surface area contributed by atoms with Crippen molar-refractivity contribution in [2.24, 2.45) is 10.2 Å². The SMILES string of the molecule is O=C1c2ccccc2C(=O)N1C1=C/C=C(N2C(=O)c3ccccc3C2=O)\C(c2ccccc2)=N/N=C\1c1ccccc1. The molecule has 0 aromatic heterocycles. The molecule has 0 spiro atoms. The first-order chi connectivity index (χ1) is 20.5. The van der Waals surface area contributed by atoms with Gasteiger partial charge in [0.1, 0.15) is 11.4 Å². The van der Waals surface area contributed by atoms with Gasteiger partial charge < -0.3 is 0 Å². The number of hydrogen-bond acceptors (Lipinski definition) is 6. The van der Waals surface area contributed by atoms with E-state index >= 15 is 0 Å². The Morgan fingerprint density at radius 3 is 0.976 bits per heavy atom. The number of hydrogen-bond donors (Lipinski definition) is 0. The third kappa shape index (κ3) is 3.85. The van der Waals surface area contributed by atoms with Crippen LogP contribution in [0, 0.1) is 0 Å². The summed E-state index contributed by atoms with van der Waals surface area (Å²) >= 11 is 0. The summed E-state index contributed by atoms with van der Waals surface area (Å²) in [6, 6.07) is 31.4. The van der Waals surface area contributed by atoms with Gasteiger partial charge in [-0.1, -0.05) is 84.9 Å². The molecule has 4 aromatic rings. The predicted octanol–water partition coefficient (Wildman–Crippen LogP) is 5.25. The van der Waals surface area contributed by atoms with E-state index in [-0.39, 0.29) is 45.1 Å². The molecule has 0 fully saturated rings. The molecule has 0 saturated carbocycles. The van der Waals surface area contributed by atoms with E-state index in [4.69, 9.17) is 0 Å². The number of allylic oxidation sites excluding steroid dienone is 4. The summed E-state index contributed by atoms with van der Waals surface area (Å²) in [7, 11) is 0. The summed E-state index contributed by atoms with van der Waals surface area (Å²) < 4.78 is 0. The molecule has 0 atom stereocenters. The summed E-state index contributed by atoms with van der Waals surface area (Å²) in [5, 5.41) is 9.18. The Balaban J connectivity index is 1.46. The van der Waals surface area contributed by atoms with Crippen LogP contribution in [0.4, 0.5) is 0 Å². The average molecular weight is 549 g/mol. The standard InChI is InChI=1S/C34H20N4O4/c39-31-23-15-7-8-16-24(23)32(40)37(31)27-19-20-28(38-33(41)25-17-9-10-18-26(25)34(38)42)30(22-13-5-2-6-14-22)36-35-29(27)21-11-3-1-4-12-21/h1-20H/b20-19?,27-19+,28-20+,29-27?,30-28?,35-29-,36-30-,36-35?. The molecule has 42 heavy (non-hydrogen) atoms. The van der Waals surface area contributed by atoms with Gasteiger partial charge in [0.15, 0.2) is 0 Å². The highest BCUT2D eigenvalue weighted by molar-refractivity contribution is 6.29. The van der Waals surface area contributed by atoms with Crippen molar-refractivity contribution in [3.05, 3.63) is 166 Å². The Morgan fingerprint density at radius 2 is 0.667 bits per heavy atom. The zero-order valence-corrected chi connectivity index (χ0v) is 22.0. The molecule has 7 rings (SSSR count). The molecule has 8 heteroatoms. The monoisotopic (exact) mass is 548 g/mol. The molecule has 8 nitrogen and oxygen atoms in total. The largest absolute Gasteiger partial charge is 0.268 e. The maximum Gasteiger partial charge on any atom is 0.266 e. The molecule has 3 heterocycles. The fourth-order valence-corrected chi connectivity index (χ4v) is 5.30. The minimum atomic E-state index is -0.506. The highest BCUT2D eigenvalue weighted by atomic mass is 16.2. The lowest BCUT2D eigenvalue weighted by atomic mass is 10.0. The van der Waals surface area contributed by atoms with Gasteiger partial charge in [-0.05, 0) is 36.4 Å². The van der Waals surface area contributed by atoms with Crippen molar-refractivity contribution in [2.45, 2.75) is 0 Å². The number of fused-ring (bicyclic) bond motifs is 2. The average Bonchev–Trinajstić information content (AvgIpc) is 3.43. The second-order valence-corrected chi connectivity index (χ2v) is 9.72. The van der Waals surface area contributed by atoms with Crippen LogP contribution in [0.3, 0.4) is 0 Å². The predicted molar refractivity (Wildman–Crippen MR) is 156 cm³/mol. The van der Waals surface area contributed by atoms with Gasteiger partial charge in [-0.25, -0.2) is 9.80 Å². The molecule has 0 radical (unpaired) electrons.